The Morgan fingerprint density at radius 1 is 1.41 bits per heavy atom. The first-order valence-corrected chi connectivity index (χ1v) is 7.60. The summed E-state index contributed by atoms with van der Waals surface area (Å²) in [6.45, 7) is 0.372. The van der Waals surface area contributed by atoms with E-state index in [-0.39, 0.29) is 36.5 Å². The fraction of sp³-hybridized carbons (Fsp3) is 0.571. The molecule has 0 aromatic carbocycles. The maximum Gasteiger partial charge on any atom is 0.248 e. The van der Waals surface area contributed by atoms with Crippen molar-refractivity contribution in [2.24, 2.45) is 11.7 Å². The van der Waals surface area contributed by atoms with Crippen LogP contribution in [0.1, 0.15) is 18.5 Å². The molecule has 3 heterocycles. The number of nitrogens with two attached hydrogens (primary N) is 1. The zero-order valence-corrected chi connectivity index (χ0v) is 12.7. The second-order valence-corrected chi connectivity index (χ2v) is 6.00. The third kappa shape index (κ3) is 2.91. The number of primary amides is 1. The molecule has 2 N–H and O–H groups in total. The molecule has 0 spiro atoms. The largest absolute Gasteiger partial charge is 0.369 e. The Morgan fingerprint density at radius 3 is 2.91 bits per heavy atom. The lowest BCUT2D eigenvalue weighted by Gasteiger charge is -2.45. The summed E-state index contributed by atoms with van der Waals surface area (Å²) in [4.78, 5) is 33.4. The number of morpholine rings is 1. The lowest BCUT2D eigenvalue weighted by atomic mass is 9.87. The number of amides is 2. The minimum absolute atomic E-state index is 0.00449. The second-order valence-electron chi connectivity index (χ2n) is 5.64. The number of carbonyl (C=O) groups excluding carboxylic acids is 2. The Kier molecular flexibility index (Phi) is 4.26. The van der Waals surface area contributed by atoms with Gasteiger partial charge in [0.05, 0.1) is 23.8 Å². The summed E-state index contributed by atoms with van der Waals surface area (Å²) >= 11 is 6.04. The molecule has 1 aromatic rings. The molecule has 7 nitrogen and oxygen atoms in total. The predicted octanol–water partition coefficient (Wildman–Crippen LogP) is 0.164. The van der Waals surface area contributed by atoms with E-state index in [1.54, 1.807) is 11.1 Å². The zero-order chi connectivity index (χ0) is 15.7. The first-order valence-electron chi connectivity index (χ1n) is 7.22. The monoisotopic (exact) mass is 324 g/mol. The molecule has 22 heavy (non-hydrogen) atoms. The van der Waals surface area contributed by atoms with Crippen LogP contribution in [0.3, 0.4) is 0 Å². The molecule has 3 rings (SSSR count). The highest BCUT2D eigenvalue weighted by Crippen LogP contribution is 2.30. The van der Waals surface area contributed by atoms with Gasteiger partial charge in [-0.1, -0.05) is 11.6 Å². The van der Waals surface area contributed by atoms with Gasteiger partial charge >= 0.3 is 0 Å². The van der Waals surface area contributed by atoms with Gasteiger partial charge in [-0.2, -0.15) is 0 Å². The van der Waals surface area contributed by atoms with Gasteiger partial charge in [0.1, 0.15) is 6.61 Å². The highest BCUT2D eigenvalue weighted by atomic mass is 35.5. The van der Waals surface area contributed by atoms with Crippen molar-refractivity contribution in [3.8, 4) is 0 Å². The molecule has 0 saturated carbocycles. The average molecular weight is 325 g/mol. The molecule has 2 amide bonds. The number of hydrogen-bond acceptors (Lipinski definition) is 5. The smallest absolute Gasteiger partial charge is 0.248 e. The molecule has 0 radical (unpaired) electrons. The van der Waals surface area contributed by atoms with Gasteiger partial charge in [0.2, 0.25) is 11.8 Å². The summed E-state index contributed by atoms with van der Waals surface area (Å²) in [5, 5.41) is 0.348. The summed E-state index contributed by atoms with van der Waals surface area (Å²) in [5.41, 5.74) is 6.02. The van der Waals surface area contributed by atoms with Crippen LogP contribution in [0.15, 0.2) is 12.4 Å². The van der Waals surface area contributed by atoms with E-state index in [1.165, 1.54) is 6.20 Å². The van der Waals surface area contributed by atoms with Crippen LogP contribution in [0.2, 0.25) is 5.15 Å². The van der Waals surface area contributed by atoms with Crippen LogP contribution in [-0.4, -0.2) is 52.0 Å². The summed E-state index contributed by atoms with van der Waals surface area (Å²) < 4.78 is 5.68. The third-order valence-electron chi connectivity index (χ3n) is 4.32. The van der Waals surface area contributed by atoms with Crippen LogP contribution in [-0.2, 0) is 20.7 Å². The van der Waals surface area contributed by atoms with E-state index in [0.717, 1.165) is 0 Å². The number of carbonyl (C=O) groups is 2. The number of rotatable bonds is 3. The number of halogens is 1. The highest BCUT2D eigenvalue weighted by Gasteiger charge is 2.42. The fourth-order valence-electron chi connectivity index (χ4n) is 3.14. The van der Waals surface area contributed by atoms with Crippen molar-refractivity contribution in [1.29, 1.82) is 0 Å². The molecule has 2 fully saturated rings. The third-order valence-corrected chi connectivity index (χ3v) is 4.63. The van der Waals surface area contributed by atoms with Crippen LogP contribution in [0.5, 0.6) is 0 Å². The van der Waals surface area contributed by atoms with E-state index in [9.17, 15) is 9.59 Å². The minimum atomic E-state index is -0.355. The van der Waals surface area contributed by atoms with Gasteiger partial charge in [-0.25, -0.2) is 4.98 Å². The van der Waals surface area contributed by atoms with Gasteiger partial charge in [0.15, 0.2) is 5.15 Å². The van der Waals surface area contributed by atoms with Crippen LogP contribution in [0, 0.1) is 5.92 Å². The summed E-state index contributed by atoms with van der Waals surface area (Å²) in [6, 6.07) is -0.0741. The summed E-state index contributed by atoms with van der Waals surface area (Å²) in [6.07, 6.45) is 4.75. The molecule has 0 bridgehead atoms. The molecule has 118 valence electrons. The van der Waals surface area contributed by atoms with E-state index < -0.39 is 0 Å². The second kappa shape index (κ2) is 6.18. The first-order chi connectivity index (χ1) is 10.6. The summed E-state index contributed by atoms with van der Waals surface area (Å²) in [5.74, 6) is -0.734. The van der Waals surface area contributed by atoms with Crippen LogP contribution >= 0.6 is 11.6 Å². The molecule has 3 unspecified atom stereocenters. The minimum Gasteiger partial charge on any atom is -0.369 e. The number of piperidine rings is 1. The highest BCUT2D eigenvalue weighted by molar-refractivity contribution is 6.29. The molecular formula is C14H17ClN4O3. The Morgan fingerprint density at radius 2 is 2.18 bits per heavy atom. The number of ether oxygens (including phenoxy) is 1. The molecule has 1 aromatic heterocycles. The van der Waals surface area contributed by atoms with Crippen molar-refractivity contribution >= 4 is 23.4 Å². The van der Waals surface area contributed by atoms with E-state index in [2.05, 4.69) is 9.97 Å². The molecule has 8 heteroatoms. The van der Waals surface area contributed by atoms with Gasteiger partial charge in [-0.05, 0) is 12.8 Å². The van der Waals surface area contributed by atoms with E-state index in [1.807, 2.05) is 0 Å². The molecule has 0 aliphatic carbocycles. The Bertz CT molecular complexity index is 597. The van der Waals surface area contributed by atoms with Crippen molar-refractivity contribution in [3.05, 3.63) is 23.2 Å². The van der Waals surface area contributed by atoms with Gasteiger partial charge in [0, 0.05) is 25.4 Å². The van der Waals surface area contributed by atoms with E-state index in [4.69, 9.17) is 22.1 Å². The number of hydrogen-bond donors (Lipinski definition) is 1. The first kappa shape index (κ1) is 15.2. The lowest BCUT2D eigenvalue weighted by Crippen LogP contribution is -2.59. The quantitative estimate of drug-likeness (QED) is 0.854. The fourth-order valence-corrected chi connectivity index (χ4v) is 3.32. The Labute approximate surface area is 132 Å². The Hall–Kier alpha value is -1.73. The summed E-state index contributed by atoms with van der Waals surface area (Å²) in [7, 11) is 0. The van der Waals surface area contributed by atoms with Crippen molar-refractivity contribution in [3.63, 3.8) is 0 Å². The van der Waals surface area contributed by atoms with Crippen molar-refractivity contribution in [2.75, 3.05) is 13.2 Å². The van der Waals surface area contributed by atoms with Gasteiger partial charge in [-0.3, -0.25) is 14.6 Å². The normalized spacial score (nSPS) is 28.3. The number of nitrogens with zero attached hydrogens (tertiary/aromatic N) is 3. The van der Waals surface area contributed by atoms with Gasteiger partial charge in [0.25, 0.3) is 0 Å². The Balaban J connectivity index is 1.76. The van der Waals surface area contributed by atoms with Gasteiger partial charge in [-0.15, -0.1) is 0 Å². The standard InChI is InChI=1S/C14H17ClN4O3/c15-13-9(17-3-4-18-13)5-11-10-2-1-8(14(16)21)6-19(10)12(20)7-22-11/h3-4,8,10-11H,1-2,5-7H2,(H2,16,21). The molecule has 3 atom stereocenters. The van der Waals surface area contributed by atoms with Crippen molar-refractivity contribution in [2.45, 2.75) is 31.4 Å². The van der Waals surface area contributed by atoms with Crippen LogP contribution in [0.25, 0.3) is 0 Å². The number of aromatic nitrogens is 2. The van der Waals surface area contributed by atoms with Gasteiger partial charge < -0.3 is 15.4 Å². The molecule has 2 saturated heterocycles. The number of fused-ring (bicyclic) bond motifs is 1. The average Bonchev–Trinajstić information content (AvgIpc) is 2.52. The maximum atomic E-state index is 12.1. The van der Waals surface area contributed by atoms with E-state index >= 15 is 0 Å². The molecule has 2 aliphatic rings. The maximum absolute atomic E-state index is 12.1. The van der Waals surface area contributed by atoms with E-state index in [0.29, 0.717) is 36.7 Å². The molecule has 2 aliphatic heterocycles. The predicted molar refractivity (Wildman–Crippen MR) is 77.9 cm³/mol. The molecular weight excluding hydrogens is 308 g/mol. The lowest BCUT2D eigenvalue weighted by molar-refractivity contribution is -0.163. The zero-order valence-electron chi connectivity index (χ0n) is 11.9. The SMILES string of the molecule is NC(=O)C1CCC2C(Cc3nccnc3Cl)OCC(=O)N2C1. The van der Waals surface area contributed by atoms with Crippen molar-refractivity contribution in [1.82, 2.24) is 14.9 Å². The van der Waals surface area contributed by atoms with Crippen LogP contribution in [0.4, 0.5) is 0 Å². The van der Waals surface area contributed by atoms with Crippen molar-refractivity contribution < 1.29 is 14.3 Å². The topological polar surface area (TPSA) is 98.4 Å². The van der Waals surface area contributed by atoms with Crippen LogP contribution < -0.4 is 5.73 Å².